The van der Waals surface area contributed by atoms with Gasteiger partial charge in [-0.1, -0.05) is 0 Å². The van der Waals surface area contributed by atoms with Gasteiger partial charge in [0.1, 0.15) is 11.5 Å². The van der Waals surface area contributed by atoms with Gasteiger partial charge in [-0.3, -0.25) is 14.5 Å². The standard InChI is InChI=1S/C24H18N8O/c1-31-14-17(11-27-31)20-13-28-32-9-6-16(10-21(20)32)19-12-26-23-18(19)2-3-22(29-23)30-24(33)15-4-7-25-8-5-15/h2-14H,1H3,(H2,26,29,30,33). The van der Waals surface area contributed by atoms with E-state index in [-0.39, 0.29) is 5.91 Å². The van der Waals surface area contributed by atoms with Crippen LogP contribution in [0.3, 0.4) is 0 Å². The average molecular weight is 434 g/mol. The Balaban J connectivity index is 1.35. The minimum Gasteiger partial charge on any atom is -0.345 e. The monoisotopic (exact) mass is 434 g/mol. The molecule has 6 rings (SSSR count). The summed E-state index contributed by atoms with van der Waals surface area (Å²) < 4.78 is 3.63. The number of pyridine rings is 3. The average Bonchev–Trinajstić information content (AvgIpc) is 3.56. The van der Waals surface area contributed by atoms with Crippen molar-refractivity contribution in [2.75, 3.05) is 5.32 Å². The minimum atomic E-state index is -0.231. The lowest BCUT2D eigenvalue weighted by atomic mass is 10.0. The largest absolute Gasteiger partial charge is 0.345 e. The van der Waals surface area contributed by atoms with Crippen molar-refractivity contribution in [2.45, 2.75) is 0 Å². The molecule has 6 heterocycles. The number of rotatable bonds is 4. The van der Waals surface area contributed by atoms with Crippen LogP contribution in [0.1, 0.15) is 10.4 Å². The van der Waals surface area contributed by atoms with Crippen LogP contribution in [-0.2, 0) is 7.05 Å². The summed E-state index contributed by atoms with van der Waals surface area (Å²) in [4.78, 5) is 24.2. The fourth-order valence-electron chi connectivity index (χ4n) is 3.94. The van der Waals surface area contributed by atoms with Crippen LogP contribution in [-0.4, -0.2) is 40.3 Å². The fourth-order valence-corrected chi connectivity index (χ4v) is 3.94. The summed E-state index contributed by atoms with van der Waals surface area (Å²) in [5.41, 5.74) is 6.30. The van der Waals surface area contributed by atoms with Gasteiger partial charge in [-0.15, -0.1) is 0 Å². The molecule has 0 spiro atoms. The van der Waals surface area contributed by atoms with Gasteiger partial charge < -0.3 is 10.3 Å². The van der Waals surface area contributed by atoms with Crippen LogP contribution in [0.5, 0.6) is 0 Å². The molecule has 2 N–H and O–H groups in total. The Kier molecular flexibility index (Phi) is 4.25. The van der Waals surface area contributed by atoms with E-state index in [9.17, 15) is 4.79 Å². The third kappa shape index (κ3) is 3.32. The van der Waals surface area contributed by atoms with E-state index in [0.29, 0.717) is 17.0 Å². The van der Waals surface area contributed by atoms with E-state index >= 15 is 0 Å². The molecule has 0 unspecified atom stereocenters. The molecule has 0 atom stereocenters. The van der Waals surface area contributed by atoms with Gasteiger partial charge in [-0.25, -0.2) is 9.50 Å². The van der Waals surface area contributed by atoms with Gasteiger partial charge in [0.15, 0.2) is 0 Å². The van der Waals surface area contributed by atoms with Crippen molar-refractivity contribution in [3.63, 3.8) is 0 Å². The molecule has 0 aliphatic heterocycles. The highest BCUT2D eigenvalue weighted by Crippen LogP contribution is 2.32. The molecule has 0 saturated carbocycles. The zero-order valence-corrected chi connectivity index (χ0v) is 17.6. The SMILES string of the molecule is Cn1cc(-c2cnn3ccc(-c4c[nH]c5nc(NC(=O)c6ccncc6)ccc45)cc23)cn1. The van der Waals surface area contributed by atoms with Crippen LogP contribution in [0.25, 0.3) is 38.8 Å². The minimum absolute atomic E-state index is 0.231. The normalized spacial score (nSPS) is 11.3. The molecule has 9 heteroatoms. The summed E-state index contributed by atoms with van der Waals surface area (Å²) in [5.74, 6) is 0.243. The molecule has 33 heavy (non-hydrogen) atoms. The van der Waals surface area contributed by atoms with E-state index < -0.39 is 0 Å². The molecule has 0 saturated heterocycles. The number of carbonyl (C=O) groups is 1. The maximum Gasteiger partial charge on any atom is 0.256 e. The summed E-state index contributed by atoms with van der Waals surface area (Å²) >= 11 is 0. The molecule has 0 radical (unpaired) electrons. The van der Waals surface area contributed by atoms with Gasteiger partial charge in [0.25, 0.3) is 5.91 Å². The number of aryl methyl sites for hydroxylation is 1. The van der Waals surface area contributed by atoms with Gasteiger partial charge in [0.2, 0.25) is 0 Å². The smallest absolute Gasteiger partial charge is 0.256 e. The van der Waals surface area contributed by atoms with E-state index in [1.165, 1.54) is 0 Å². The number of hydrogen-bond acceptors (Lipinski definition) is 5. The Hall–Kier alpha value is -4.79. The van der Waals surface area contributed by atoms with Crippen molar-refractivity contribution in [2.24, 2.45) is 7.05 Å². The van der Waals surface area contributed by atoms with Crippen molar-refractivity contribution in [3.8, 4) is 22.3 Å². The van der Waals surface area contributed by atoms with Gasteiger partial charge >= 0.3 is 0 Å². The zero-order valence-electron chi connectivity index (χ0n) is 17.6. The highest BCUT2D eigenvalue weighted by molar-refractivity contribution is 6.04. The number of amides is 1. The highest BCUT2D eigenvalue weighted by atomic mass is 16.1. The lowest BCUT2D eigenvalue weighted by molar-refractivity contribution is 0.102. The van der Waals surface area contributed by atoms with Gasteiger partial charge in [0, 0.05) is 65.7 Å². The number of H-pyrrole nitrogens is 1. The number of aromatic nitrogens is 7. The summed E-state index contributed by atoms with van der Waals surface area (Å²) in [7, 11) is 1.90. The first-order chi connectivity index (χ1) is 16.2. The van der Waals surface area contributed by atoms with E-state index in [2.05, 4.69) is 36.5 Å². The number of nitrogens with zero attached hydrogens (tertiary/aromatic N) is 6. The fraction of sp³-hybridized carbons (Fsp3) is 0.0417. The third-order valence-electron chi connectivity index (χ3n) is 5.57. The van der Waals surface area contributed by atoms with Crippen molar-refractivity contribution in [1.29, 1.82) is 0 Å². The zero-order chi connectivity index (χ0) is 22.4. The third-order valence-corrected chi connectivity index (χ3v) is 5.57. The second kappa shape index (κ2) is 7.41. The molecule has 9 nitrogen and oxygen atoms in total. The summed E-state index contributed by atoms with van der Waals surface area (Å²) in [5, 5.41) is 12.5. The lowest BCUT2D eigenvalue weighted by Gasteiger charge is -2.05. The van der Waals surface area contributed by atoms with Crippen LogP contribution in [0.2, 0.25) is 0 Å². The molecule has 0 aliphatic carbocycles. The molecule has 0 aliphatic rings. The van der Waals surface area contributed by atoms with Crippen molar-refractivity contribution in [1.82, 2.24) is 34.3 Å². The maximum absolute atomic E-state index is 12.4. The van der Waals surface area contributed by atoms with Crippen molar-refractivity contribution < 1.29 is 4.79 Å². The number of aromatic amines is 1. The Morgan fingerprint density at radius 3 is 2.70 bits per heavy atom. The first kappa shape index (κ1) is 18.9. The Labute approximate surface area is 187 Å². The Morgan fingerprint density at radius 2 is 1.88 bits per heavy atom. The molecule has 6 aromatic heterocycles. The number of hydrogen-bond donors (Lipinski definition) is 2. The van der Waals surface area contributed by atoms with Crippen molar-refractivity contribution in [3.05, 3.63) is 85.3 Å². The van der Waals surface area contributed by atoms with Crippen LogP contribution in [0, 0.1) is 0 Å². The molecule has 1 amide bonds. The Bertz CT molecular complexity index is 1630. The topological polar surface area (TPSA) is 106 Å². The number of anilines is 1. The van der Waals surface area contributed by atoms with Gasteiger partial charge in [-0.2, -0.15) is 10.2 Å². The number of fused-ring (bicyclic) bond motifs is 2. The number of nitrogens with one attached hydrogen (secondary N) is 2. The molecular formula is C24H18N8O. The maximum atomic E-state index is 12.4. The van der Waals surface area contributed by atoms with E-state index in [1.54, 1.807) is 35.3 Å². The van der Waals surface area contributed by atoms with Crippen LogP contribution >= 0.6 is 0 Å². The summed E-state index contributed by atoms with van der Waals surface area (Å²) in [6, 6.07) is 11.2. The molecule has 0 fully saturated rings. The van der Waals surface area contributed by atoms with Crippen LogP contribution in [0.15, 0.2) is 79.8 Å². The predicted octanol–water partition coefficient (Wildman–Crippen LogP) is 3.93. The number of carbonyl (C=O) groups excluding carboxylic acids is 1. The van der Waals surface area contributed by atoms with Gasteiger partial charge in [0.05, 0.1) is 17.9 Å². The lowest BCUT2D eigenvalue weighted by Crippen LogP contribution is -2.12. The molecule has 0 bridgehead atoms. The molecule has 0 aromatic carbocycles. The van der Waals surface area contributed by atoms with E-state index in [4.69, 9.17) is 0 Å². The summed E-state index contributed by atoms with van der Waals surface area (Å²) in [6.45, 7) is 0. The van der Waals surface area contributed by atoms with E-state index in [0.717, 1.165) is 33.2 Å². The Morgan fingerprint density at radius 1 is 1.00 bits per heavy atom. The van der Waals surface area contributed by atoms with E-state index in [1.807, 2.05) is 54.7 Å². The first-order valence-electron chi connectivity index (χ1n) is 10.3. The van der Waals surface area contributed by atoms with Gasteiger partial charge in [-0.05, 0) is 42.0 Å². The quantitative estimate of drug-likeness (QED) is 0.437. The van der Waals surface area contributed by atoms with Crippen LogP contribution < -0.4 is 5.32 Å². The molecular weight excluding hydrogens is 416 g/mol. The first-order valence-corrected chi connectivity index (χ1v) is 10.3. The van der Waals surface area contributed by atoms with Crippen LogP contribution in [0.4, 0.5) is 5.82 Å². The molecule has 160 valence electrons. The second-order valence-electron chi connectivity index (χ2n) is 7.69. The van der Waals surface area contributed by atoms with Crippen molar-refractivity contribution >= 4 is 28.3 Å². The second-order valence-corrected chi connectivity index (χ2v) is 7.69. The summed E-state index contributed by atoms with van der Waals surface area (Å²) in [6.07, 6.45) is 12.7. The molecule has 6 aromatic rings. The predicted molar refractivity (Wildman–Crippen MR) is 125 cm³/mol. The highest BCUT2D eigenvalue weighted by Gasteiger charge is 2.13.